The van der Waals surface area contributed by atoms with Crippen LogP contribution in [0.25, 0.3) is 5.57 Å². The van der Waals surface area contributed by atoms with Crippen LogP contribution >= 0.6 is 7.82 Å². The largest absolute Gasteiger partial charge is 0.471 e. The van der Waals surface area contributed by atoms with Crippen LogP contribution in [-0.4, -0.2) is 37.7 Å². The molecule has 0 fully saturated rings. The van der Waals surface area contributed by atoms with Gasteiger partial charge in [0.1, 0.15) is 30.3 Å². The van der Waals surface area contributed by atoms with E-state index in [9.17, 15) is 13.3 Å². The lowest BCUT2D eigenvalue weighted by Crippen LogP contribution is -2.41. The standard InChI is InChI=1S/C21H20F2N5O5P/c22-14-4-5-17(23)18(9-14)26-20-6-3-13(11-25-20)8-15-10-19(33-27-15)16-2-1-7-28(21(16)24)12-32-34(29,30)31/h1-7,9-11,21H,8,12,24H2,(H,25,26)(H2,29,30,31). The average Bonchev–Trinajstić information content (AvgIpc) is 3.24. The molecule has 1 unspecified atom stereocenters. The summed E-state index contributed by atoms with van der Waals surface area (Å²) in [6.07, 6.45) is 6.07. The second-order valence-corrected chi connectivity index (χ2v) is 8.57. The number of rotatable bonds is 8. The van der Waals surface area contributed by atoms with Crippen LogP contribution in [-0.2, 0) is 15.5 Å². The average molecular weight is 491 g/mol. The van der Waals surface area contributed by atoms with Crippen LogP contribution in [0.1, 0.15) is 17.0 Å². The number of anilines is 2. The fourth-order valence-electron chi connectivity index (χ4n) is 3.19. The first-order valence-corrected chi connectivity index (χ1v) is 11.4. The lowest BCUT2D eigenvalue weighted by molar-refractivity contribution is 0.110. The smallest absolute Gasteiger partial charge is 0.356 e. The molecule has 0 saturated carbocycles. The number of nitrogens with zero attached hydrogens (tertiary/aromatic N) is 3. The number of hydrogen-bond donors (Lipinski definition) is 4. The second-order valence-electron chi connectivity index (χ2n) is 7.33. The highest BCUT2D eigenvalue weighted by atomic mass is 31.2. The van der Waals surface area contributed by atoms with E-state index in [0.29, 0.717) is 29.3 Å². The van der Waals surface area contributed by atoms with Crippen LogP contribution in [0.4, 0.5) is 20.3 Å². The monoisotopic (exact) mass is 491 g/mol. The molecule has 0 aliphatic carbocycles. The topological polar surface area (TPSA) is 147 Å². The van der Waals surface area contributed by atoms with Crippen molar-refractivity contribution < 1.29 is 32.2 Å². The third-order valence-electron chi connectivity index (χ3n) is 4.85. The van der Waals surface area contributed by atoms with Gasteiger partial charge in [-0.15, -0.1) is 0 Å². The van der Waals surface area contributed by atoms with Gasteiger partial charge in [-0.25, -0.2) is 18.3 Å². The molecule has 2 aromatic heterocycles. The first kappa shape index (κ1) is 23.7. The van der Waals surface area contributed by atoms with Crippen molar-refractivity contribution >= 4 is 24.9 Å². The Bertz CT molecular complexity index is 1270. The SMILES string of the molecule is NC1C(c2cc(Cc3ccc(Nc4cc(F)ccc4F)nc3)no2)=CC=CN1COP(=O)(O)O. The normalized spacial score (nSPS) is 16.0. The third kappa shape index (κ3) is 5.93. The van der Waals surface area contributed by atoms with Gasteiger partial charge in [-0.3, -0.25) is 4.52 Å². The van der Waals surface area contributed by atoms with E-state index in [0.717, 1.165) is 23.8 Å². The Kier molecular flexibility index (Phi) is 6.87. The van der Waals surface area contributed by atoms with E-state index in [1.165, 1.54) is 11.1 Å². The predicted octanol–water partition coefficient (Wildman–Crippen LogP) is 3.25. The zero-order valence-electron chi connectivity index (χ0n) is 17.5. The summed E-state index contributed by atoms with van der Waals surface area (Å²) in [5, 5.41) is 6.77. The molecule has 0 amide bonds. The molecule has 3 aromatic rings. The molecule has 0 bridgehead atoms. The molecule has 0 spiro atoms. The molecule has 3 heterocycles. The number of hydrogen-bond acceptors (Lipinski definition) is 8. The van der Waals surface area contributed by atoms with Crippen LogP contribution in [0, 0.1) is 11.6 Å². The van der Waals surface area contributed by atoms with Gasteiger partial charge < -0.3 is 30.3 Å². The molecule has 1 aromatic carbocycles. The van der Waals surface area contributed by atoms with Crippen molar-refractivity contribution in [1.82, 2.24) is 15.0 Å². The van der Waals surface area contributed by atoms with Crippen LogP contribution in [0.2, 0.25) is 0 Å². The molecule has 34 heavy (non-hydrogen) atoms. The maximum atomic E-state index is 13.8. The number of nitrogens with one attached hydrogen (secondary N) is 1. The van der Waals surface area contributed by atoms with Gasteiger partial charge in [0, 0.05) is 36.5 Å². The fourth-order valence-corrected chi connectivity index (χ4v) is 3.48. The van der Waals surface area contributed by atoms with E-state index in [2.05, 4.69) is 20.0 Å². The zero-order valence-corrected chi connectivity index (χ0v) is 18.4. The molecule has 4 rings (SSSR count). The number of halogens is 2. The van der Waals surface area contributed by atoms with E-state index in [4.69, 9.17) is 20.0 Å². The summed E-state index contributed by atoms with van der Waals surface area (Å²) in [5.41, 5.74) is 8.08. The molecule has 1 aliphatic heterocycles. The number of allylic oxidation sites excluding steroid dienone is 2. The maximum absolute atomic E-state index is 13.8. The van der Waals surface area contributed by atoms with E-state index in [1.54, 1.807) is 36.5 Å². The van der Waals surface area contributed by atoms with Crippen LogP contribution in [0.3, 0.4) is 0 Å². The van der Waals surface area contributed by atoms with Gasteiger partial charge >= 0.3 is 7.82 Å². The van der Waals surface area contributed by atoms with Crippen LogP contribution in [0.5, 0.6) is 0 Å². The van der Waals surface area contributed by atoms with Crippen molar-refractivity contribution in [2.75, 3.05) is 12.0 Å². The molecule has 1 aliphatic rings. The van der Waals surface area contributed by atoms with Crippen molar-refractivity contribution in [3.8, 4) is 0 Å². The van der Waals surface area contributed by atoms with Crippen LogP contribution in [0.15, 0.2) is 65.5 Å². The highest BCUT2D eigenvalue weighted by molar-refractivity contribution is 7.46. The van der Waals surface area contributed by atoms with Crippen molar-refractivity contribution in [2.45, 2.75) is 12.6 Å². The summed E-state index contributed by atoms with van der Waals surface area (Å²) in [5.74, 6) is -0.430. The first-order valence-electron chi connectivity index (χ1n) is 9.91. The van der Waals surface area contributed by atoms with E-state index < -0.39 is 32.4 Å². The predicted molar refractivity (Wildman–Crippen MR) is 118 cm³/mol. The molecular weight excluding hydrogens is 471 g/mol. The minimum Gasteiger partial charge on any atom is -0.356 e. The lowest BCUT2D eigenvalue weighted by Gasteiger charge is -2.30. The Morgan fingerprint density at radius 3 is 2.79 bits per heavy atom. The van der Waals surface area contributed by atoms with Gasteiger partial charge in [0.25, 0.3) is 0 Å². The van der Waals surface area contributed by atoms with E-state index >= 15 is 0 Å². The zero-order chi connectivity index (χ0) is 24.3. The number of benzene rings is 1. The second kappa shape index (κ2) is 9.84. The third-order valence-corrected chi connectivity index (χ3v) is 5.30. The lowest BCUT2D eigenvalue weighted by atomic mass is 10.1. The van der Waals surface area contributed by atoms with Crippen LogP contribution < -0.4 is 11.1 Å². The van der Waals surface area contributed by atoms with Crippen molar-refractivity contribution in [2.24, 2.45) is 5.73 Å². The minimum absolute atomic E-state index is 0.0206. The number of phosphoric acid groups is 1. The van der Waals surface area contributed by atoms with Crippen molar-refractivity contribution in [3.05, 3.63) is 89.6 Å². The molecule has 13 heteroatoms. The summed E-state index contributed by atoms with van der Waals surface area (Å²) in [6, 6.07) is 8.19. The van der Waals surface area contributed by atoms with Gasteiger partial charge in [-0.2, -0.15) is 0 Å². The Balaban J connectivity index is 1.40. The molecule has 1 atom stereocenters. The van der Waals surface area contributed by atoms with Gasteiger partial charge in [0.2, 0.25) is 0 Å². The van der Waals surface area contributed by atoms with Gasteiger partial charge in [-0.1, -0.05) is 17.3 Å². The minimum atomic E-state index is -4.65. The Morgan fingerprint density at radius 2 is 2.06 bits per heavy atom. The highest BCUT2D eigenvalue weighted by Crippen LogP contribution is 2.36. The number of nitrogens with two attached hydrogens (primary N) is 1. The fraction of sp³-hybridized carbons (Fsp3) is 0.143. The Labute approximate surface area is 192 Å². The molecular formula is C21H20F2N5O5P. The van der Waals surface area contributed by atoms with E-state index in [1.807, 2.05) is 0 Å². The molecule has 0 radical (unpaired) electrons. The summed E-state index contributed by atoms with van der Waals surface area (Å²) in [4.78, 5) is 23.4. The Hall–Kier alpha value is -3.41. The maximum Gasteiger partial charge on any atom is 0.471 e. The quantitative estimate of drug-likeness (QED) is 0.346. The summed E-state index contributed by atoms with van der Waals surface area (Å²) < 4.78 is 48.0. The Morgan fingerprint density at radius 1 is 1.24 bits per heavy atom. The molecule has 10 nitrogen and oxygen atoms in total. The summed E-state index contributed by atoms with van der Waals surface area (Å²) >= 11 is 0. The number of pyridine rings is 1. The van der Waals surface area contributed by atoms with Gasteiger partial charge in [0.15, 0.2) is 5.76 Å². The number of aromatic nitrogens is 2. The van der Waals surface area contributed by atoms with Crippen molar-refractivity contribution in [1.29, 1.82) is 0 Å². The van der Waals surface area contributed by atoms with E-state index in [-0.39, 0.29) is 5.69 Å². The van der Waals surface area contributed by atoms with Gasteiger partial charge in [0.05, 0.1) is 11.4 Å². The molecule has 5 N–H and O–H groups in total. The summed E-state index contributed by atoms with van der Waals surface area (Å²) in [6.45, 7) is -0.411. The highest BCUT2D eigenvalue weighted by Gasteiger charge is 2.25. The molecule has 0 saturated heterocycles. The first-order chi connectivity index (χ1) is 16.2. The molecule has 178 valence electrons. The number of phosphoric ester groups is 1. The van der Waals surface area contributed by atoms with Crippen molar-refractivity contribution in [3.63, 3.8) is 0 Å². The summed E-state index contributed by atoms with van der Waals surface area (Å²) in [7, 11) is -4.65. The van der Waals surface area contributed by atoms with Gasteiger partial charge in [-0.05, 0) is 29.8 Å².